The van der Waals surface area contributed by atoms with E-state index in [2.05, 4.69) is 10.3 Å². The second-order valence-electron chi connectivity index (χ2n) is 7.59. The molecule has 0 fully saturated rings. The van der Waals surface area contributed by atoms with Crippen molar-refractivity contribution in [1.29, 1.82) is 0 Å². The predicted molar refractivity (Wildman–Crippen MR) is 125 cm³/mol. The van der Waals surface area contributed by atoms with E-state index in [1.165, 1.54) is 13.0 Å². The molecule has 3 heterocycles. The number of anilines is 1. The number of amides is 2. The van der Waals surface area contributed by atoms with Gasteiger partial charge in [-0.1, -0.05) is 11.6 Å². The molecule has 4 rings (SSSR count). The van der Waals surface area contributed by atoms with E-state index in [1.807, 2.05) is 6.92 Å². The first kappa shape index (κ1) is 24.6. The Bertz CT molecular complexity index is 1460. The summed E-state index contributed by atoms with van der Waals surface area (Å²) >= 11 is 6.60. The molecule has 1 aromatic carbocycles. The Labute approximate surface area is 205 Å². The Kier molecular flexibility index (Phi) is 6.48. The minimum absolute atomic E-state index is 0.0211. The van der Waals surface area contributed by atoms with E-state index in [0.717, 1.165) is 11.6 Å². The molecule has 0 spiro atoms. The zero-order valence-electron chi connectivity index (χ0n) is 18.2. The van der Waals surface area contributed by atoms with Crippen molar-refractivity contribution in [2.24, 2.45) is 5.73 Å². The minimum Gasteiger partial charge on any atom is -0.485 e. The lowest BCUT2D eigenvalue weighted by molar-refractivity contribution is -0.141. The van der Waals surface area contributed by atoms with Gasteiger partial charge < -0.3 is 20.2 Å². The third-order valence-electron chi connectivity index (χ3n) is 5.00. The third-order valence-corrected chi connectivity index (χ3v) is 6.34. The number of nitrogens with two attached hydrogens (primary N) is 1. The van der Waals surface area contributed by atoms with Gasteiger partial charge in [-0.15, -0.1) is 11.3 Å². The largest absolute Gasteiger partial charge is 0.485 e. The van der Waals surface area contributed by atoms with Gasteiger partial charge in [0.15, 0.2) is 5.76 Å². The number of hydrogen-bond donors (Lipinski definition) is 2. The van der Waals surface area contributed by atoms with E-state index in [4.69, 9.17) is 26.5 Å². The smallest absolute Gasteiger partial charge is 0.433 e. The number of ether oxygens (including phenoxy) is 1. The van der Waals surface area contributed by atoms with Gasteiger partial charge in [-0.3, -0.25) is 9.59 Å². The van der Waals surface area contributed by atoms with E-state index in [9.17, 15) is 22.8 Å². The summed E-state index contributed by atoms with van der Waals surface area (Å²) in [5, 5.41) is 3.30. The van der Waals surface area contributed by atoms with Crippen LogP contribution in [0.2, 0.25) is 5.02 Å². The number of primary amides is 1. The number of pyridine rings is 1. The molecule has 0 bridgehead atoms. The highest BCUT2D eigenvalue weighted by atomic mass is 35.5. The van der Waals surface area contributed by atoms with E-state index >= 15 is 0 Å². The number of hydrogen-bond acceptors (Lipinski definition) is 6. The van der Waals surface area contributed by atoms with Crippen LogP contribution in [0.4, 0.5) is 18.9 Å². The lowest BCUT2D eigenvalue weighted by atomic mass is 10.1. The lowest BCUT2D eigenvalue weighted by Crippen LogP contribution is -2.16. The molecule has 4 aromatic rings. The molecule has 0 atom stereocenters. The van der Waals surface area contributed by atoms with Gasteiger partial charge in [0.2, 0.25) is 0 Å². The van der Waals surface area contributed by atoms with Crippen LogP contribution in [0.1, 0.15) is 42.8 Å². The van der Waals surface area contributed by atoms with Crippen molar-refractivity contribution in [2.75, 3.05) is 5.32 Å². The Balaban J connectivity index is 1.58. The van der Waals surface area contributed by atoms with Crippen LogP contribution in [0.3, 0.4) is 0 Å². The van der Waals surface area contributed by atoms with Gasteiger partial charge in [0, 0.05) is 10.4 Å². The van der Waals surface area contributed by atoms with Crippen LogP contribution in [0, 0.1) is 13.8 Å². The number of thiophene rings is 1. The van der Waals surface area contributed by atoms with Gasteiger partial charge in [-0.2, -0.15) is 13.2 Å². The van der Waals surface area contributed by atoms with Crippen LogP contribution < -0.4 is 15.8 Å². The predicted octanol–water partition coefficient (Wildman–Crippen LogP) is 6.11. The number of carbonyl (C=O) groups excluding carboxylic acids is 2. The van der Waals surface area contributed by atoms with Crippen LogP contribution in [-0.4, -0.2) is 16.8 Å². The molecule has 3 aromatic heterocycles. The van der Waals surface area contributed by atoms with Crippen LogP contribution in [0.15, 0.2) is 40.8 Å². The summed E-state index contributed by atoms with van der Waals surface area (Å²) in [6.45, 7) is 3.29. The van der Waals surface area contributed by atoms with Gasteiger partial charge in [0.1, 0.15) is 33.5 Å². The summed E-state index contributed by atoms with van der Waals surface area (Å²) in [5.41, 5.74) is 5.28. The quantitative estimate of drug-likeness (QED) is 0.317. The van der Waals surface area contributed by atoms with Crippen molar-refractivity contribution >= 4 is 50.7 Å². The molecule has 3 N–H and O–H groups in total. The second-order valence-corrected chi connectivity index (χ2v) is 9.03. The highest BCUT2D eigenvalue weighted by Crippen LogP contribution is 2.40. The number of halogens is 4. The molecule has 0 saturated heterocycles. The normalized spacial score (nSPS) is 11.6. The van der Waals surface area contributed by atoms with Gasteiger partial charge in [-0.25, -0.2) is 4.98 Å². The van der Waals surface area contributed by atoms with Gasteiger partial charge in [0.05, 0.1) is 5.69 Å². The summed E-state index contributed by atoms with van der Waals surface area (Å²) in [4.78, 5) is 28.2. The Hall–Kier alpha value is -3.57. The van der Waals surface area contributed by atoms with Gasteiger partial charge in [-0.05, 0) is 61.4 Å². The zero-order valence-corrected chi connectivity index (χ0v) is 19.8. The maximum absolute atomic E-state index is 13.2. The van der Waals surface area contributed by atoms with Crippen LogP contribution >= 0.6 is 22.9 Å². The van der Waals surface area contributed by atoms with E-state index in [-0.39, 0.29) is 38.7 Å². The van der Waals surface area contributed by atoms with E-state index < -0.39 is 23.7 Å². The molecule has 0 radical (unpaired) electrons. The van der Waals surface area contributed by atoms with Crippen LogP contribution in [0.5, 0.6) is 5.75 Å². The number of nitrogens with zero attached hydrogens (tertiary/aromatic N) is 1. The molecule has 2 amide bonds. The number of aryl methyl sites for hydroxylation is 2. The standard InChI is InChI=1S/C23H17ClF3N3O4S/c1-10-7-12(24)3-5-14(10)33-9-13-4-6-15(34-13)21(32)30-18-17-11(2)8-16(23(25,26)27)29-22(17)35-19(18)20(28)31/h3-8H,9H2,1-2H3,(H2,28,31)(H,30,32). The number of benzene rings is 1. The Morgan fingerprint density at radius 3 is 2.57 bits per heavy atom. The Morgan fingerprint density at radius 1 is 1.17 bits per heavy atom. The summed E-state index contributed by atoms with van der Waals surface area (Å²) in [7, 11) is 0. The van der Waals surface area contributed by atoms with E-state index in [1.54, 1.807) is 24.3 Å². The number of alkyl halides is 3. The summed E-state index contributed by atoms with van der Waals surface area (Å²) in [6.07, 6.45) is -4.67. The molecule has 0 aliphatic carbocycles. The number of fused-ring (bicyclic) bond motifs is 1. The highest BCUT2D eigenvalue weighted by Gasteiger charge is 2.34. The van der Waals surface area contributed by atoms with Crippen molar-refractivity contribution in [3.05, 3.63) is 74.6 Å². The first-order valence-electron chi connectivity index (χ1n) is 10.0. The van der Waals surface area contributed by atoms with Crippen LogP contribution in [-0.2, 0) is 12.8 Å². The Morgan fingerprint density at radius 2 is 1.91 bits per heavy atom. The molecule has 0 aliphatic heterocycles. The number of nitrogens with one attached hydrogen (secondary N) is 1. The average molecular weight is 524 g/mol. The maximum Gasteiger partial charge on any atom is 0.433 e. The van der Waals surface area contributed by atoms with E-state index in [0.29, 0.717) is 27.9 Å². The molecule has 12 heteroatoms. The molecule has 0 unspecified atom stereocenters. The number of rotatable bonds is 6. The van der Waals surface area contributed by atoms with Gasteiger partial charge >= 0.3 is 6.18 Å². The van der Waals surface area contributed by atoms with Gasteiger partial charge in [0.25, 0.3) is 11.8 Å². The summed E-state index contributed by atoms with van der Waals surface area (Å²) < 4.78 is 50.7. The van der Waals surface area contributed by atoms with Crippen molar-refractivity contribution in [1.82, 2.24) is 4.98 Å². The fraction of sp³-hybridized carbons (Fsp3) is 0.174. The summed E-state index contributed by atoms with van der Waals surface area (Å²) in [5.74, 6) is -0.788. The first-order chi connectivity index (χ1) is 16.4. The van der Waals surface area contributed by atoms with Crippen molar-refractivity contribution in [3.63, 3.8) is 0 Å². The second kappa shape index (κ2) is 9.23. The van der Waals surface area contributed by atoms with Crippen molar-refractivity contribution in [3.8, 4) is 5.75 Å². The van der Waals surface area contributed by atoms with Crippen molar-refractivity contribution in [2.45, 2.75) is 26.6 Å². The molecular formula is C23H17ClF3N3O4S. The first-order valence-corrected chi connectivity index (χ1v) is 11.2. The lowest BCUT2D eigenvalue weighted by Gasteiger charge is -2.09. The molecule has 0 saturated carbocycles. The molecule has 0 aliphatic rings. The number of furan rings is 1. The summed E-state index contributed by atoms with van der Waals surface area (Å²) in [6, 6.07) is 8.94. The van der Waals surface area contributed by atoms with Crippen molar-refractivity contribution < 1.29 is 31.9 Å². The van der Waals surface area contributed by atoms with Crippen LogP contribution in [0.25, 0.3) is 10.2 Å². The topological polar surface area (TPSA) is 107 Å². The fourth-order valence-electron chi connectivity index (χ4n) is 3.40. The number of carbonyl (C=O) groups is 2. The average Bonchev–Trinajstić information content (AvgIpc) is 3.38. The molecule has 35 heavy (non-hydrogen) atoms. The third kappa shape index (κ3) is 5.10. The number of aromatic nitrogens is 1. The SMILES string of the molecule is Cc1cc(Cl)ccc1OCc1ccc(C(=O)Nc2c(C(N)=O)sc3nc(C(F)(F)F)cc(C)c23)o1. The molecular weight excluding hydrogens is 507 g/mol. The fourth-order valence-corrected chi connectivity index (χ4v) is 4.68. The monoisotopic (exact) mass is 523 g/mol. The maximum atomic E-state index is 13.2. The zero-order chi connectivity index (χ0) is 25.5. The molecule has 7 nitrogen and oxygen atoms in total. The minimum atomic E-state index is -4.67. The highest BCUT2D eigenvalue weighted by molar-refractivity contribution is 7.21. The molecule has 182 valence electrons.